The Morgan fingerprint density at radius 2 is 1.95 bits per heavy atom. The lowest BCUT2D eigenvalue weighted by Crippen LogP contribution is -2.11. The molecule has 20 heavy (non-hydrogen) atoms. The summed E-state index contributed by atoms with van der Waals surface area (Å²) in [4.78, 5) is 4.57. The molecule has 1 saturated carbocycles. The second kappa shape index (κ2) is 5.27. The van der Waals surface area contributed by atoms with Crippen molar-refractivity contribution in [2.75, 3.05) is 5.73 Å². The van der Waals surface area contributed by atoms with Crippen molar-refractivity contribution in [3.63, 3.8) is 0 Å². The molecule has 0 saturated heterocycles. The van der Waals surface area contributed by atoms with E-state index >= 15 is 0 Å². The number of nitrogens with two attached hydrogens (primary N) is 1. The van der Waals surface area contributed by atoms with Crippen LogP contribution in [-0.2, 0) is 0 Å². The van der Waals surface area contributed by atoms with Crippen LogP contribution in [0.1, 0.15) is 49.9 Å². The number of nitrogen functional groups attached to an aromatic ring is 1. The van der Waals surface area contributed by atoms with Crippen LogP contribution in [0.5, 0.6) is 0 Å². The van der Waals surface area contributed by atoms with Gasteiger partial charge in [-0.2, -0.15) is 4.98 Å². The van der Waals surface area contributed by atoms with Crippen LogP contribution in [0.4, 0.5) is 5.69 Å². The van der Waals surface area contributed by atoms with Gasteiger partial charge >= 0.3 is 0 Å². The van der Waals surface area contributed by atoms with E-state index in [0.717, 1.165) is 41.4 Å². The molecule has 4 heteroatoms. The zero-order valence-electron chi connectivity index (χ0n) is 12.1. The van der Waals surface area contributed by atoms with Crippen LogP contribution >= 0.6 is 0 Å². The molecule has 2 aromatic rings. The molecule has 2 N–H and O–H groups in total. The van der Waals surface area contributed by atoms with Gasteiger partial charge in [-0.05, 0) is 37.3 Å². The molecule has 1 aliphatic carbocycles. The summed E-state index contributed by atoms with van der Waals surface area (Å²) in [6.07, 6.45) is 4.81. The van der Waals surface area contributed by atoms with Crippen molar-refractivity contribution in [3.05, 3.63) is 29.6 Å². The lowest BCUT2D eigenvalue weighted by molar-refractivity contribution is 0.329. The number of hydrogen-bond donors (Lipinski definition) is 1. The Morgan fingerprint density at radius 3 is 2.70 bits per heavy atom. The summed E-state index contributed by atoms with van der Waals surface area (Å²) in [5, 5.41) is 4.17. The molecule has 4 nitrogen and oxygen atoms in total. The van der Waals surface area contributed by atoms with E-state index < -0.39 is 0 Å². The topological polar surface area (TPSA) is 64.9 Å². The first-order valence-electron chi connectivity index (χ1n) is 7.34. The molecule has 0 unspecified atom stereocenters. The van der Waals surface area contributed by atoms with E-state index in [-0.39, 0.29) is 0 Å². The van der Waals surface area contributed by atoms with Crippen molar-refractivity contribution in [1.82, 2.24) is 10.1 Å². The second-order valence-corrected chi connectivity index (χ2v) is 5.95. The molecule has 1 aromatic heterocycles. The summed E-state index contributed by atoms with van der Waals surface area (Å²) >= 11 is 0. The van der Waals surface area contributed by atoms with Crippen LogP contribution in [0.3, 0.4) is 0 Å². The maximum Gasteiger partial charge on any atom is 0.260 e. The molecule has 0 bridgehead atoms. The maximum absolute atomic E-state index is 6.09. The van der Waals surface area contributed by atoms with E-state index in [2.05, 4.69) is 17.1 Å². The second-order valence-electron chi connectivity index (χ2n) is 5.95. The number of rotatable bonds is 2. The molecule has 0 amide bonds. The van der Waals surface area contributed by atoms with E-state index in [9.17, 15) is 0 Å². The van der Waals surface area contributed by atoms with Gasteiger partial charge in [-0.1, -0.05) is 37.1 Å². The molecule has 0 aliphatic heterocycles. The van der Waals surface area contributed by atoms with Crippen molar-refractivity contribution in [1.29, 1.82) is 0 Å². The minimum Gasteiger partial charge on any atom is -0.398 e. The summed E-state index contributed by atoms with van der Waals surface area (Å²) in [6, 6.07) is 5.88. The van der Waals surface area contributed by atoms with Crippen molar-refractivity contribution < 1.29 is 4.52 Å². The molecule has 0 atom stereocenters. The maximum atomic E-state index is 6.09. The Kier molecular flexibility index (Phi) is 3.47. The van der Waals surface area contributed by atoms with Crippen LogP contribution in [0.15, 0.2) is 22.7 Å². The standard InChI is InChI=1S/C16H21N3O/c1-10-6-8-12(9-7-10)15-18-16(20-19-15)13-5-3-4-11(2)14(13)17/h3-5,10,12H,6-9,17H2,1-2H3. The molecule has 106 valence electrons. The first kappa shape index (κ1) is 13.2. The normalized spacial score (nSPS) is 22.9. The fourth-order valence-electron chi connectivity index (χ4n) is 2.90. The fraction of sp³-hybridized carbons (Fsp3) is 0.500. The third-order valence-corrected chi connectivity index (χ3v) is 4.38. The third-order valence-electron chi connectivity index (χ3n) is 4.38. The minimum atomic E-state index is 0.440. The lowest BCUT2D eigenvalue weighted by Gasteiger charge is -2.23. The SMILES string of the molecule is Cc1cccc(-c2nc(C3CCC(C)CC3)no2)c1N. The van der Waals surface area contributed by atoms with Crippen LogP contribution in [0, 0.1) is 12.8 Å². The van der Waals surface area contributed by atoms with Gasteiger partial charge in [0.2, 0.25) is 0 Å². The zero-order valence-corrected chi connectivity index (χ0v) is 12.1. The predicted molar refractivity (Wildman–Crippen MR) is 79.3 cm³/mol. The van der Waals surface area contributed by atoms with E-state index in [1.165, 1.54) is 12.8 Å². The van der Waals surface area contributed by atoms with Crippen molar-refractivity contribution in [3.8, 4) is 11.5 Å². The summed E-state index contributed by atoms with van der Waals surface area (Å²) in [6.45, 7) is 4.30. The van der Waals surface area contributed by atoms with Crippen LogP contribution in [0.25, 0.3) is 11.5 Å². The molecule has 1 heterocycles. The van der Waals surface area contributed by atoms with Gasteiger partial charge in [-0.3, -0.25) is 0 Å². The summed E-state index contributed by atoms with van der Waals surface area (Å²) in [7, 11) is 0. The Bertz CT molecular complexity index is 598. The largest absolute Gasteiger partial charge is 0.398 e. The van der Waals surface area contributed by atoms with Crippen molar-refractivity contribution in [2.45, 2.75) is 45.4 Å². The number of para-hydroxylation sites is 1. The number of aromatic nitrogens is 2. The van der Waals surface area contributed by atoms with Crippen LogP contribution in [0.2, 0.25) is 0 Å². The predicted octanol–water partition coefficient (Wildman–Crippen LogP) is 3.92. The fourth-order valence-corrected chi connectivity index (χ4v) is 2.90. The molecular formula is C16H21N3O. The van der Waals surface area contributed by atoms with Gasteiger partial charge in [-0.25, -0.2) is 0 Å². The van der Waals surface area contributed by atoms with Gasteiger partial charge in [0, 0.05) is 11.6 Å². The first-order chi connectivity index (χ1) is 9.65. The van der Waals surface area contributed by atoms with Gasteiger partial charge < -0.3 is 10.3 Å². The summed E-state index contributed by atoms with van der Waals surface area (Å²) in [5.41, 5.74) is 8.69. The molecule has 0 radical (unpaired) electrons. The highest BCUT2D eigenvalue weighted by molar-refractivity contribution is 5.73. The highest BCUT2D eigenvalue weighted by Gasteiger charge is 2.24. The zero-order chi connectivity index (χ0) is 14.1. The van der Waals surface area contributed by atoms with Gasteiger partial charge in [-0.15, -0.1) is 0 Å². The Balaban J connectivity index is 1.85. The number of benzene rings is 1. The minimum absolute atomic E-state index is 0.440. The number of hydrogen-bond acceptors (Lipinski definition) is 4. The summed E-state index contributed by atoms with van der Waals surface area (Å²) < 4.78 is 5.43. The van der Waals surface area contributed by atoms with Gasteiger partial charge in [0.1, 0.15) is 0 Å². The quantitative estimate of drug-likeness (QED) is 0.841. The summed E-state index contributed by atoms with van der Waals surface area (Å²) in [5.74, 6) is 2.65. The molecule has 3 rings (SSSR count). The average molecular weight is 271 g/mol. The highest BCUT2D eigenvalue weighted by atomic mass is 16.5. The van der Waals surface area contributed by atoms with Gasteiger partial charge in [0.05, 0.1) is 5.56 Å². The van der Waals surface area contributed by atoms with Crippen molar-refractivity contribution >= 4 is 5.69 Å². The monoisotopic (exact) mass is 271 g/mol. The van der Waals surface area contributed by atoms with Crippen LogP contribution in [-0.4, -0.2) is 10.1 Å². The Labute approximate surface area is 119 Å². The first-order valence-corrected chi connectivity index (χ1v) is 7.34. The van der Waals surface area contributed by atoms with Gasteiger partial charge in [0.15, 0.2) is 5.82 Å². The molecule has 1 aliphatic rings. The molecular weight excluding hydrogens is 250 g/mol. The Morgan fingerprint density at radius 1 is 1.20 bits per heavy atom. The number of anilines is 1. The molecule has 0 spiro atoms. The molecule has 1 aromatic carbocycles. The number of aryl methyl sites for hydroxylation is 1. The van der Waals surface area contributed by atoms with E-state index in [1.54, 1.807) is 0 Å². The van der Waals surface area contributed by atoms with Crippen LogP contribution < -0.4 is 5.73 Å². The molecule has 1 fully saturated rings. The third kappa shape index (κ3) is 2.42. The van der Waals surface area contributed by atoms with E-state index in [0.29, 0.717) is 11.8 Å². The Hall–Kier alpha value is -1.84. The van der Waals surface area contributed by atoms with E-state index in [4.69, 9.17) is 10.3 Å². The lowest BCUT2D eigenvalue weighted by atomic mass is 9.83. The van der Waals surface area contributed by atoms with Gasteiger partial charge in [0.25, 0.3) is 5.89 Å². The van der Waals surface area contributed by atoms with E-state index in [1.807, 2.05) is 25.1 Å². The average Bonchev–Trinajstić information content (AvgIpc) is 2.92. The smallest absolute Gasteiger partial charge is 0.260 e. The highest BCUT2D eigenvalue weighted by Crippen LogP contribution is 2.35. The number of nitrogens with zero attached hydrogens (tertiary/aromatic N) is 2. The van der Waals surface area contributed by atoms with Crippen molar-refractivity contribution in [2.24, 2.45) is 5.92 Å².